The smallest absolute Gasteiger partial charge is 0.0311 e. The van der Waals surface area contributed by atoms with Gasteiger partial charge in [0.1, 0.15) is 0 Å². The van der Waals surface area contributed by atoms with E-state index in [9.17, 15) is 0 Å². The molecule has 10 heavy (non-hydrogen) atoms. The van der Waals surface area contributed by atoms with Gasteiger partial charge in [-0.05, 0) is 30.0 Å². The molecule has 1 aromatic heterocycles. The first kappa shape index (κ1) is 7.57. The van der Waals surface area contributed by atoms with E-state index in [-0.39, 0.29) is 0 Å². The molecule has 2 nitrogen and oxygen atoms in total. The summed E-state index contributed by atoms with van der Waals surface area (Å²) >= 11 is 1.28. The van der Waals surface area contributed by atoms with Crippen LogP contribution in [0.4, 0.5) is 0 Å². The van der Waals surface area contributed by atoms with E-state index >= 15 is 0 Å². The van der Waals surface area contributed by atoms with Crippen molar-refractivity contribution in [1.82, 2.24) is 4.98 Å². The summed E-state index contributed by atoms with van der Waals surface area (Å²) in [6, 6.07) is 1.93. The van der Waals surface area contributed by atoms with E-state index in [2.05, 4.69) is 11.9 Å². The van der Waals surface area contributed by atoms with Crippen molar-refractivity contribution in [3.05, 3.63) is 24.0 Å². The molecule has 0 atom stereocenters. The number of aromatic nitrogens is 1. The summed E-state index contributed by atoms with van der Waals surface area (Å²) in [5, 5.41) is 5.42. The van der Waals surface area contributed by atoms with Crippen molar-refractivity contribution < 1.29 is 0 Å². The molecule has 1 heterocycles. The Kier molecular flexibility index (Phi) is 2.71. The Labute approximate surface area is 65.0 Å². The van der Waals surface area contributed by atoms with E-state index in [1.54, 1.807) is 6.20 Å². The maximum absolute atomic E-state index is 5.42. The third-order valence-electron chi connectivity index (χ3n) is 1.37. The predicted octanol–water partition coefficient (Wildman–Crippen LogP) is 1.61. The minimum absolute atomic E-state index is 0.993. The first-order chi connectivity index (χ1) is 4.88. The molecular weight excluding hydrogens is 144 g/mol. The number of hydrogen-bond acceptors (Lipinski definition) is 3. The highest BCUT2D eigenvalue weighted by atomic mass is 32.2. The molecule has 0 aliphatic heterocycles. The van der Waals surface area contributed by atoms with Gasteiger partial charge in [0.25, 0.3) is 0 Å². The minimum atomic E-state index is 0.993. The van der Waals surface area contributed by atoms with Gasteiger partial charge in [0.05, 0.1) is 0 Å². The molecule has 0 aromatic carbocycles. The first-order valence-electron chi connectivity index (χ1n) is 3.18. The van der Waals surface area contributed by atoms with Crippen molar-refractivity contribution >= 4 is 11.9 Å². The molecule has 0 spiro atoms. The first-order valence-corrected chi connectivity index (χ1v) is 4.06. The second-order valence-electron chi connectivity index (χ2n) is 1.95. The van der Waals surface area contributed by atoms with Crippen LogP contribution in [0.25, 0.3) is 0 Å². The van der Waals surface area contributed by atoms with E-state index in [4.69, 9.17) is 5.14 Å². The number of hydrogen-bond donors (Lipinski definition) is 1. The van der Waals surface area contributed by atoms with Gasteiger partial charge in [-0.25, -0.2) is 0 Å². The fraction of sp³-hybridized carbons (Fsp3) is 0.286. The molecule has 0 amide bonds. The molecule has 1 rings (SSSR count). The Morgan fingerprint density at radius 1 is 1.70 bits per heavy atom. The van der Waals surface area contributed by atoms with Crippen molar-refractivity contribution in [1.29, 1.82) is 0 Å². The fourth-order valence-corrected chi connectivity index (χ4v) is 1.28. The van der Waals surface area contributed by atoms with Crippen molar-refractivity contribution in [2.24, 2.45) is 5.14 Å². The Morgan fingerprint density at radius 3 is 3.00 bits per heavy atom. The number of pyridine rings is 1. The van der Waals surface area contributed by atoms with Crippen LogP contribution in [0.3, 0.4) is 0 Å². The van der Waals surface area contributed by atoms with Gasteiger partial charge in [0.15, 0.2) is 0 Å². The summed E-state index contributed by atoms with van der Waals surface area (Å²) in [4.78, 5) is 5.12. The van der Waals surface area contributed by atoms with Crippen LogP contribution in [-0.4, -0.2) is 4.98 Å². The van der Waals surface area contributed by atoms with Crippen LogP contribution in [0, 0.1) is 0 Å². The van der Waals surface area contributed by atoms with Crippen LogP contribution < -0.4 is 5.14 Å². The molecule has 0 radical (unpaired) electrons. The molecular formula is C7H10N2S. The van der Waals surface area contributed by atoms with E-state index in [1.807, 2.05) is 12.3 Å². The lowest BCUT2D eigenvalue weighted by Gasteiger charge is -2.00. The molecule has 0 bridgehead atoms. The second kappa shape index (κ2) is 3.58. The number of aryl methyl sites for hydroxylation is 1. The summed E-state index contributed by atoms with van der Waals surface area (Å²) in [7, 11) is 0. The van der Waals surface area contributed by atoms with Gasteiger partial charge in [-0.1, -0.05) is 6.92 Å². The highest BCUT2D eigenvalue weighted by Crippen LogP contribution is 2.15. The average molecular weight is 154 g/mol. The summed E-state index contributed by atoms with van der Waals surface area (Å²) < 4.78 is 0. The molecule has 3 heteroatoms. The molecule has 2 N–H and O–H groups in total. The van der Waals surface area contributed by atoms with Gasteiger partial charge in [0, 0.05) is 17.3 Å². The Bertz CT molecular complexity index is 190. The molecule has 54 valence electrons. The Morgan fingerprint density at radius 2 is 2.50 bits per heavy atom. The fourth-order valence-electron chi connectivity index (χ4n) is 0.795. The SMILES string of the molecule is CCc1cnccc1SN. The molecule has 0 saturated heterocycles. The molecule has 0 saturated carbocycles. The predicted molar refractivity (Wildman–Crippen MR) is 43.7 cm³/mol. The molecule has 0 aliphatic carbocycles. The summed E-state index contributed by atoms with van der Waals surface area (Å²) in [5.41, 5.74) is 1.22. The monoisotopic (exact) mass is 154 g/mol. The zero-order valence-corrected chi connectivity index (χ0v) is 6.69. The van der Waals surface area contributed by atoms with E-state index in [1.165, 1.54) is 17.5 Å². The van der Waals surface area contributed by atoms with Crippen molar-refractivity contribution in [3.63, 3.8) is 0 Å². The summed E-state index contributed by atoms with van der Waals surface area (Å²) in [6.07, 6.45) is 4.61. The van der Waals surface area contributed by atoms with Gasteiger partial charge in [-0.3, -0.25) is 10.1 Å². The van der Waals surface area contributed by atoms with Crippen LogP contribution in [0.2, 0.25) is 0 Å². The third-order valence-corrected chi connectivity index (χ3v) is 2.02. The lowest BCUT2D eigenvalue weighted by molar-refractivity contribution is 1.04. The van der Waals surface area contributed by atoms with Crippen LogP contribution in [0.1, 0.15) is 12.5 Å². The topological polar surface area (TPSA) is 38.9 Å². The maximum atomic E-state index is 5.42. The zero-order valence-electron chi connectivity index (χ0n) is 5.87. The standard InChI is InChI=1S/C7H10N2S/c1-2-6-5-9-4-3-7(6)10-8/h3-5H,2,8H2,1H3. The number of rotatable bonds is 2. The Hall–Kier alpha value is -0.540. The van der Waals surface area contributed by atoms with Crippen molar-refractivity contribution in [2.75, 3.05) is 0 Å². The van der Waals surface area contributed by atoms with Crippen LogP contribution in [0.15, 0.2) is 23.4 Å². The van der Waals surface area contributed by atoms with Crippen molar-refractivity contribution in [3.8, 4) is 0 Å². The van der Waals surface area contributed by atoms with Crippen LogP contribution in [0.5, 0.6) is 0 Å². The van der Waals surface area contributed by atoms with Crippen molar-refractivity contribution in [2.45, 2.75) is 18.2 Å². The van der Waals surface area contributed by atoms with E-state index in [0.717, 1.165) is 11.3 Å². The molecule has 1 aromatic rings. The quantitative estimate of drug-likeness (QED) is 0.658. The molecule has 0 aliphatic rings. The highest BCUT2D eigenvalue weighted by Gasteiger charge is 1.96. The average Bonchev–Trinajstić information content (AvgIpc) is 2.04. The van der Waals surface area contributed by atoms with Crippen LogP contribution >= 0.6 is 11.9 Å². The van der Waals surface area contributed by atoms with Crippen LogP contribution in [-0.2, 0) is 6.42 Å². The normalized spacial score (nSPS) is 9.80. The highest BCUT2D eigenvalue weighted by molar-refractivity contribution is 7.97. The second-order valence-corrected chi connectivity index (χ2v) is 2.63. The lowest BCUT2D eigenvalue weighted by Crippen LogP contribution is -1.88. The lowest BCUT2D eigenvalue weighted by atomic mass is 10.2. The van der Waals surface area contributed by atoms with E-state index in [0.29, 0.717) is 0 Å². The number of nitrogens with zero attached hydrogens (tertiary/aromatic N) is 1. The molecule has 0 fully saturated rings. The van der Waals surface area contributed by atoms with Gasteiger partial charge in [-0.15, -0.1) is 0 Å². The summed E-state index contributed by atoms with van der Waals surface area (Å²) in [5.74, 6) is 0. The largest absolute Gasteiger partial charge is 0.274 e. The van der Waals surface area contributed by atoms with Gasteiger partial charge >= 0.3 is 0 Å². The summed E-state index contributed by atoms with van der Waals surface area (Å²) in [6.45, 7) is 2.09. The van der Waals surface area contributed by atoms with Gasteiger partial charge in [0.2, 0.25) is 0 Å². The van der Waals surface area contributed by atoms with Gasteiger partial charge < -0.3 is 0 Å². The minimum Gasteiger partial charge on any atom is -0.274 e. The third kappa shape index (κ3) is 1.49. The zero-order chi connectivity index (χ0) is 7.40. The Balaban J connectivity index is 2.96. The number of nitrogens with two attached hydrogens (primary N) is 1. The maximum Gasteiger partial charge on any atom is 0.0311 e. The molecule has 0 unspecified atom stereocenters. The van der Waals surface area contributed by atoms with E-state index < -0.39 is 0 Å². The van der Waals surface area contributed by atoms with Gasteiger partial charge in [-0.2, -0.15) is 0 Å².